The van der Waals surface area contributed by atoms with Gasteiger partial charge in [-0.2, -0.15) is 4.39 Å². The first-order valence-corrected chi connectivity index (χ1v) is 8.82. The van der Waals surface area contributed by atoms with E-state index in [0.717, 1.165) is 39.0 Å². The minimum Gasteiger partial charge on any atom is -0.355 e. The van der Waals surface area contributed by atoms with E-state index >= 15 is 0 Å². The highest BCUT2D eigenvalue weighted by molar-refractivity contribution is 6.32. The lowest BCUT2D eigenvalue weighted by molar-refractivity contribution is 0.247. The number of piperidine rings is 1. The lowest BCUT2D eigenvalue weighted by Crippen LogP contribution is -2.42. The first kappa shape index (κ1) is 16.5. The molecule has 4 rings (SSSR count). The van der Waals surface area contributed by atoms with Gasteiger partial charge in [-0.25, -0.2) is 9.97 Å². The van der Waals surface area contributed by atoms with Gasteiger partial charge in [-0.15, -0.1) is 0 Å². The van der Waals surface area contributed by atoms with Crippen LogP contribution in [-0.4, -0.2) is 41.1 Å². The molecule has 0 aliphatic carbocycles. The Kier molecular flexibility index (Phi) is 4.21. The van der Waals surface area contributed by atoms with E-state index in [-0.39, 0.29) is 5.02 Å². The zero-order chi connectivity index (χ0) is 17.4. The second-order valence-corrected chi connectivity index (χ2v) is 7.21. The Hall–Kier alpha value is -1.99. The number of hydrogen-bond acceptors (Lipinski definition) is 5. The fourth-order valence-corrected chi connectivity index (χ4v) is 3.97. The number of nitrogens with zero attached hydrogens (tertiary/aromatic N) is 3. The van der Waals surface area contributed by atoms with Crippen molar-refractivity contribution in [3.8, 4) is 11.4 Å². The predicted molar refractivity (Wildman–Crippen MR) is 94.4 cm³/mol. The summed E-state index contributed by atoms with van der Waals surface area (Å²) < 4.78 is 13.4. The van der Waals surface area contributed by atoms with Gasteiger partial charge in [0.1, 0.15) is 10.8 Å². The largest absolute Gasteiger partial charge is 0.355 e. The number of nitrogens with one attached hydrogen (secondary N) is 2. The van der Waals surface area contributed by atoms with Crippen LogP contribution in [0, 0.1) is 11.4 Å². The van der Waals surface area contributed by atoms with Crippen LogP contribution in [0.25, 0.3) is 11.4 Å². The topological polar surface area (TPSA) is 73.9 Å². The molecule has 2 fully saturated rings. The van der Waals surface area contributed by atoms with E-state index in [0.29, 0.717) is 22.6 Å². The maximum atomic E-state index is 13.4. The summed E-state index contributed by atoms with van der Waals surface area (Å²) in [6.07, 6.45) is 4.63. The molecule has 0 unspecified atom stereocenters. The van der Waals surface area contributed by atoms with Gasteiger partial charge in [-0.1, -0.05) is 11.6 Å². The highest BCUT2D eigenvalue weighted by atomic mass is 35.5. The van der Waals surface area contributed by atoms with Crippen LogP contribution >= 0.6 is 11.6 Å². The molecule has 2 aromatic heterocycles. The number of H-pyrrole nitrogens is 1. The Morgan fingerprint density at radius 3 is 2.76 bits per heavy atom. The standard InChI is InChI=1S/C17H19ClFN5O/c18-13-15(24-7-3-17(4-8-24)2-6-20-10-17)22-14(23-16(13)25)11-1-5-21-12(19)9-11/h1,5,9,20H,2-4,6-8,10H2,(H,22,23,25). The number of rotatable bonds is 2. The van der Waals surface area contributed by atoms with Gasteiger partial charge in [-0.3, -0.25) is 4.79 Å². The van der Waals surface area contributed by atoms with E-state index in [1.165, 1.54) is 18.7 Å². The Balaban J connectivity index is 1.64. The Morgan fingerprint density at radius 2 is 2.08 bits per heavy atom. The van der Waals surface area contributed by atoms with Crippen molar-refractivity contribution >= 4 is 17.4 Å². The molecule has 6 nitrogen and oxygen atoms in total. The summed E-state index contributed by atoms with van der Waals surface area (Å²) in [6.45, 7) is 3.74. The van der Waals surface area contributed by atoms with Gasteiger partial charge in [-0.05, 0) is 37.3 Å². The van der Waals surface area contributed by atoms with E-state index in [1.54, 1.807) is 6.07 Å². The molecular weight excluding hydrogens is 345 g/mol. The van der Waals surface area contributed by atoms with Gasteiger partial charge >= 0.3 is 0 Å². The summed E-state index contributed by atoms with van der Waals surface area (Å²) in [4.78, 5) is 25.0. The van der Waals surface area contributed by atoms with Crippen LogP contribution in [0.5, 0.6) is 0 Å². The van der Waals surface area contributed by atoms with Crippen molar-refractivity contribution in [1.29, 1.82) is 0 Å². The van der Waals surface area contributed by atoms with Gasteiger partial charge < -0.3 is 15.2 Å². The highest BCUT2D eigenvalue weighted by Crippen LogP contribution is 2.38. The molecule has 2 aromatic rings. The lowest BCUT2D eigenvalue weighted by atomic mass is 9.78. The fourth-order valence-electron chi connectivity index (χ4n) is 3.76. The summed E-state index contributed by atoms with van der Waals surface area (Å²) >= 11 is 6.22. The molecule has 0 atom stereocenters. The predicted octanol–water partition coefficient (Wildman–Crippen LogP) is 2.20. The normalized spacial score (nSPS) is 19.5. The average molecular weight is 364 g/mol. The molecular formula is C17H19ClFN5O. The van der Waals surface area contributed by atoms with Crippen molar-refractivity contribution in [2.24, 2.45) is 5.41 Å². The molecule has 0 amide bonds. The molecule has 2 saturated heterocycles. The number of anilines is 1. The Labute approximate surface area is 149 Å². The third kappa shape index (κ3) is 3.14. The second kappa shape index (κ2) is 6.38. The summed E-state index contributed by atoms with van der Waals surface area (Å²) in [6, 6.07) is 2.85. The van der Waals surface area contributed by atoms with Crippen LogP contribution in [-0.2, 0) is 0 Å². The van der Waals surface area contributed by atoms with Crippen molar-refractivity contribution < 1.29 is 4.39 Å². The second-order valence-electron chi connectivity index (χ2n) is 6.83. The molecule has 0 aromatic carbocycles. The number of hydrogen-bond donors (Lipinski definition) is 2. The Morgan fingerprint density at radius 1 is 1.28 bits per heavy atom. The van der Waals surface area contributed by atoms with Crippen LogP contribution in [0.1, 0.15) is 19.3 Å². The molecule has 2 aliphatic rings. The summed E-state index contributed by atoms with van der Waals surface area (Å²) in [5.74, 6) is 0.150. The first-order chi connectivity index (χ1) is 12.1. The monoisotopic (exact) mass is 363 g/mol. The number of pyridine rings is 1. The van der Waals surface area contributed by atoms with E-state index in [9.17, 15) is 9.18 Å². The zero-order valence-corrected chi connectivity index (χ0v) is 14.4. The SMILES string of the molecule is O=c1[nH]c(-c2ccnc(F)c2)nc(N2CCC3(CCNC3)CC2)c1Cl. The van der Waals surface area contributed by atoms with Gasteiger partial charge in [0.15, 0.2) is 5.82 Å². The Bertz CT molecular complexity index is 839. The molecule has 2 N–H and O–H groups in total. The average Bonchev–Trinajstić information content (AvgIpc) is 3.06. The van der Waals surface area contributed by atoms with Crippen LogP contribution < -0.4 is 15.8 Å². The minimum atomic E-state index is -0.620. The molecule has 0 radical (unpaired) electrons. The first-order valence-electron chi connectivity index (χ1n) is 8.44. The van der Waals surface area contributed by atoms with Crippen LogP contribution in [0.15, 0.2) is 23.1 Å². The van der Waals surface area contributed by atoms with E-state index in [1.807, 2.05) is 0 Å². The third-order valence-corrected chi connectivity index (χ3v) is 5.64. The molecule has 25 heavy (non-hydrogen) atoms. The number of aromatic amines is 1. The molecule has 132 valence electrons. The molecule has 2 aliphatic heterocycles. The molecule has 1 spiro atoms. The molecule has 8 heteroatoms. The smallest absolute Gasteiger partial charge is 0.272 e. The van der Waals surface area contributed by atoms with Crippen LogP contribution in [0.4, 0.5) is 10.2 Å². The van der Waals surface area contributed by atoms with E-state index in [2.05, 4.69) is 25.2 Å². The fraction of sp³-hybridized carbons (Fsp3) is 0.471. The van der Waals surface area contributed by atoms with Crippen molar-refractivity contribution in [3.63, 3.8) is 0 Å². The molecule has 4 heterocycles. The van der Waals surface area contributed by atoms with Crippen molar-refractivity contribution in [1.82, 2.24) is 20.3 Å². The van der Waals surface area contributed by atoms with E-state index in [4.69, 9.17) is 11.6 Å². The summed E-state index contributed by atoms with van der Waals surface area (Å²) in [5.41, 5.74) is 0.416. The van der Waals surface area contributed by atoms with Crippen LogP contribution in [0.2, 0.25) is 5.02 Å². The summed E-state index contributed by atoms with van der Waals surface area (Å²) in [5, 5.41) is 3.52. The quantitative estimate of drug-likeness (QED) is 0.800. The van der Waals surface area contributed by atoms with Gasteiger partial charge in [0.25, 0.3) is 5.56 Å². The molecule has 0 saturated carbocycles. The van der Waals surface area contributed by atoms with Crippen molar-refractivity contribution in [2.45, 2.75) is 19.3 Å². The van der Waals surface area contributed by atoms with Gasteiger partial charge in [0.2, 0.25) is 5.95 Å². The lowest BCUT2D eigenvalue weighted by Gasteiger charge is -2.39. The van der Waals surface area contributed by atoms with E-state index < -0.39 is 11.5 Å². The van der Waals surface area contributed by atoms with Crippen LogP contribution in [0.3, 0.4) is 0 Å². The molecule has 0 bridgehead atoms. The highest BCUT2D eigenvalue weighted by Gasteiger charge is 2.37. The third-order valence-electron chi connectivity index (χ3n) is 5.30. The van der Waals surface area contributed by atoms with Crippen molar-refractivity contribution in [2.75, 3.05) is 31.1 Å². The van der Waals surface area contributed by atoms with Gasteiger partial charge in [0.05, 0.1) is 0 Å². The number of halogens is 2. The maximum absolute atomic E-state index is 13.4. The maximum Gasteiger partial charge on any atom is 0.272 e. The number of aromatic nitrogens is 3. The zero-order valence-electron chi connectivity index (χ0n) is 13.7. The minimum absolute atomic E-state index is 0.0822. The van der Waals surface area contributed by atoms with Gasteiger partial charge in [0, 0.05) is 37.5 Å². The van der Waals surface area contributed by atoms with Crippen molar-refractivity contribution in [3.05, 3.63) is 39.7 Å². The summed E-state index contributed by atoms with van der Waals surface area (Å²) in [7, 11) is 0.